The number of sulfonamides is 1. The Labute approximate surface area is 136 Å². The molecule has 0 bridgehead atoms. The van der Waals surface area contributed by atoms with Crippen molar-refractivity contribution in [2.45, 2.75) is 31.2 Å². The second kappa shape index (κ2) is 7.10. The number of ether oxygens (including phenoxy) is 1. The molecule has 1 N–H and O–H groups in total. The number of halogens is 1. The van der Waals surface area contributed by atoms with Crippen LogP contribution in [0.2, 0.25) is 0 Å². The maximum absolute atomic E-state index is 13.3. The lowest BCUT2D eigenvalue weighted by molar-refractivity contribution is 0.400. The lowest BCUT2D eigenvalue weighted by Crippen LogP contribution is -2.24. The molecule has 0 radical (unpaired) electrons. The van der Waals surface area contributed by atoms with Gasteiger partial charge in [0, 0.05) is 6.54 Å². The van der Waals surface area contributed by atoms with Gasteiger partial charge in [0.25, 0.3) is 0 Å². The zero-order valence-corrected chi connectivity index (χ0v) is 14.2. The summed E-state index contributed by atoms with van der Waals surface area (Å²) in [4.78, 5) is -0.209. The van der Waals surface area contributed by atoms with Crippen molar-refractivity contribution in [3.63, 3.8) is 0 Å². The van der Waals surface area contributed by atoms with Crippen LogP contribution in [0.15, 0.2) is 47.4 Å². The minimum atomic E-state index is -3.87. The number of hydrogen-bond donors (Lipinski definition) is 1. The first-order chi connectivity index (χ1) is 10.8. The first kappa shape index (κ1) is 17.4. The fourth-order valence-electron chi connectivity index (χ4n) is 2.14. The molecular weight excluding hydrogens is 317 g/mol. The van der Waals surface area contributed by atoms with Gasteiger partial charge >= 0.3 is 0 Å². The smallest absolute Gasteiger partial charge is 0.244 e. The van der Waals surface area contributed by atoms with Gasteiger partial charge in [-0.25, -0.2) is 17.5 Å². The van der Waals surface area contributed by atoms with E-state index < -0.39 is 15.8 Å². The van der Waals surface area contributed by atoms with Gasteiger partial charge in [-0.3, -0.25) is 0 Å². The van der Waals surface area contributed by atoms with E-state index in [0.29, 0.717) is 5.92 Å². The van der Waals surface area contributed by atoms with E-state index >= 15 is 0 Å². The number of hydrogen-bond acceptors (Lipinski definition) is 3. The fraction of sp³-hybridized carbons (Fsp3) is 0.294. The predicted molar refractivity (Wildman–Crippen MR) is 87.5 cm³/mol. The molecule has 2 aromatic rings. The molecule has 0 atom stereocenters. The second-order valence-corrected chi connectivity index (χ2v) is 7.25. The summed E-state index contributed by atoms with van der Waals surface area (Å²) in [7, 11) is -2.52. The molecule has 2 aromatic carbocycles. The highest BCUT2D eigenvalue weighted by Crippen LogP contribution is 2.24. The van der Waals surface area contributed by atoms with Crippen molar-refractivity contribution in [2.75, 3.05) is 7.11 Å². The summed E-state index contributed by atoms with van der Waals surface area (Å²) >= 11 is 0. The molecule has 23 heavy (non-hydrogen) atoms. The molecule has 0 amide bonds. The Hall–Kier alpha value is -1.92. The molecule has 0 aliphatic rings. The van der Waals surface area contributed by atoms with Gasteiger partial charge in [0.2, 0.25) is 10.0 Å². The number of methoxy groups -OCH3 is 1. The van der Waals surface area contributed by atoms with E-state index in [1.54, 1.807) is 0 Å². The molecular formula is C17H20FNO3S. The molecule has 0 unspecified atom stereocenters. The average Bonchev–Trinajstić information content (AvgIpc) is 2.53. The lowest BCUT2D eigenvalue weighted by atomic mass is 10.0. The highest BCUT2D eigenvalue weighted by Gasteiger charge is 2.20. The van der Waals surface area contributed by atoms with Crippen molar-refractivity contribution in [3.05, 3.63) is 59.4 Å². The molecule has 0 spiro atoms. The third-order valence-corrected chi connectivity index (χ3v) is 4.95. The van der Waals surface area contributed by atoms with E-state index in [4.69, 9.17) is 4.74 Å². The van der Waals surface area contributed by atoms with Crippen LogP contribution in [0.3, 0.4) is 0 Å². The van der Waals surface area contributed by atoms with Crippen molar-refractivity contribution in [3.8, 4) is 5.75 Å². The predicted octanol–water partition coefficient (Wildman–Crippen LogP) is 3.44. The van der Waals surface area contributed by atoms with Crippen molar-refractivity contribution in [1.29, 1.82) is 0 Å². The molecule has 4 nitrogen and oxygen atoms in total. The molecule has 124 valence electrons. The lowest BCUT2D eigenvalue weighted by Gasteiger charge is -2.11. The van der Waals surface area contributed by atoms with Crippen molar-refractivity contribution < 1.29 is 17.5 Å². The molecule has 6 heteroatoms. The van der Waals surface area contributed by atoms with E-state index in [2.05, 4.69) is 18.6 Å². The normalized spacial score (nSPS) is 11.7. The van der Waals surface area contributed by atoms with E-state index in [-0.39, 0.29) is 17.2 Å². The standard InChI is InChI=1S/C17H20FNO3S/c1-12(2)14-6-4-13(5-7-14)11-19-23(20,21)17-10-15(18)8-9-16(17)22-3/h4-10,12,19H,11H2,1-3H3. The Kier molecular flexibility index (Phi) is 5.38. The third kappa shape index (κ3) is 4.30. The molecule has 2 rings (SSSR count). The molecule has 0 saturated heterocycles. The monoisotopic (exact) mass is 337 g/mol. The van der Waals surface area contributed by atoms with Crippen molar-refractivity contribution in [2.24, 2.45) is 0 Å². The first-order valence-corrected chi connectivity index (χ1v) is 8.74. The summed E-state index contributed by atoms with van der Waals surface area (Å²) in [5.74, 6) is -0.112. The van der Waals surface area contributed by atoms with Gasteiger partial charge in [0.15, 0.2) is 0 Å². The number of rotatable bonds is 6. The quantitative estimate of drug-likeness (QED) is 0.878. The minimum Gasteiger partial charge on any atom is -0.495 e. The van der Waals surface area contributed by atoms with Crippen LogP contribution < -0.4 is 9.46 Å². The van der Waals surface area contributed by atoms with Crippen LogP contribution in [0.25, 0.3) is 0 Å². The Morgan fingerprint density at radius 3 is 2.35 bits per heavy atom. The first-order valence-electron chi connectivity index (χ1n) is 7.25. The van der Waals surface area contributed by atoms with Gasteiger partial charge in [-0.15, -0.1) is 0 Å². The van der Waals surface area contributed by atoms with Crippen LogP contribution in [0.1, 0.15) is 30.9 Å². The Bertz CT molecular complexity index is 771. The number of nitrogens with one attached hydrogen (secondary N) is 1. The number of benzene rings is 2. The Morgan fingerprint density at radius 1 is 1.13 bits per heavy atom. The maximum atomic E-state index is 13.3. The van der Waals surface area contributed by atoms with Gasteiger partial charge in [0.1, 0.15) is 16.5 Å². The molecule has 0 saturated carbocycles. The van der Waals surface area contributed by atoms with Crippen molar-refractivity contribution >= 4 is 10.0 Å². The van der Waals surface area contributed by atoms with Crippen LogP contribution in [-0.4, -0.2) is 15.5 Å². The summed E-state index contributed by atoms with van der Waals surface area (Å²) < 4.78 is 45.5. The van der Waals surface area contributed by atoms with Gasteiger partial charge in [-0.1, -0.05) is 38.1 Å². The molecule has 0 aliphatic carbocycles. The van der Waals surface area contributed by atoms with E-state index in [1.165, 1.54) is 18.7 Å². The molecule has 0 fully saturated rings. The van der Waals surface area contributed by atoms with Crippen LogP contribution in [0.4, 0.5) is 4.39 Å². The Balaban J connectivity index is 2.17. The molecule has 0 aromatic heterocycles. The summed E-state index contributed by atoms with van der Waals surface area (Å²) in [6.07, 6.45) is 0. The average molecular weight is 337 g/mol. The van der Waals surface area contributed by atoms with E-state index in [1.807, 2.05) is 24.3 Å². The zero-order chi connectivity index (χ0) is 17.0. The van der Waals surface area contributed by atoms with Gasteiger partial charge in [-0.05, 0) is 35.2 Å². The van der Waals surface area contributed by atoms with Gasteiger partial charge in [-0.2, -0.15) is 0 Å². The van der Waals surface area contributed by atoms with Crippen molar-refractivity contribution in [1.82, 2.24) is 4.72 Å². The van der Waals surface area contributed by atoms with Gasteiger partial charge in [0.05, 0.1) is 7.11 Å². The van der Waals surface area contributed by atoms with Crippen LogP contribution in [0.5, 0.6) is 5.75 Å². The zero-order valence-electron chi connectivity index (χ0n) is 13.3. The highest BCUT2D eigenvalue weighted by atomic mass is 32.2. The summed E-state index contributed by atoms with van der Waals surface area (Å²) in [6.45, 7) is 4.31. The van der Waals surface area contributed by atoms with E-state index in [9.17, 15) is 12.8 Å². The summed E-state index contributed by atoms with van der Waals surface area (Å²) in [5, 5.41) is 0. The van der Waals surface area contributed by atoms with E-state index in [0.717, 1.165) is 17.7 Å². The summed E-state index contributed by atoms with van der Waals surface area (Å²) in [5.41, 5.74) is 2.01. The molecule has 0 aliphatic heterocycles. The van der Waals surface area contributed by atoms with Crippen LogP contribution in [-0.2, 0) is 16.6 Å². The van der Waals surface area contributed by atoms with Crippen LogP contribution in [0, 0.1) is 5.82 Å². The molecule has 0 heterocycles. The second-order valence-electron chi connectivity index (χ2n) is 5.52. The third-order valence-electron chi connectivity index (χ3n) is 3.53. The fourth-order valence-corrected chi connectivity index (χ4v) is 3.33. The van der Waals surface area contributed by atoms with Crippen LogP contribution >= 0.6 is 0 Å². The SMILES string of the molecule is COc1ccc(F)cc1S(=O)(=O)NCc1ccc(C(C)C)cc1. The Morgan fingerprint density at radius 2 is 1.78 bits per heavy atom. The maximum Gasteiger partial charge on any atom is 0.244 e. The topological polar surface area (TPSA) is 55.4 Å². The minimum absolute atomic E-state index is 0.106. The van der Waals surface area contributed by atoms with Gasteiger partial charge < -0.3 is 4.74 Å². The largest absolute Gasteiger partial charge is 0.495 e. The highest BCUT2D eigenvalue weighted by molar-refractivity contribution is 7.89. The summed E-state index contributed by atoms with van der Waals surface area (Å²) in [6, 6.07) is 11.1.